The van der Waals surface area contributed by atoms with Crippen molar-refractivity contribution < 1.29 is 42.8 Å². The number of benzene rings is 4. The Balaban J connectivity index is 1.18. The first-order valence-corrected chi connectivity index (χ1v) is 20.4. The number of nitrogens with two attached hydrogens (primary N) is 1. The summed E-state index contributed by atoms with van der Waals surface area (Å²) in [6, 6.07) is 32.2. The van der Waals surface area contributed by atoms with Gasteiger partial charge in [-0.05, 0) is 64.1 Å². The number of aromatic nitrogens is 4. The highest BCUT2D eigenvalue weighted by atomic mass is 16.6. The molecular formula is C47H50N6O10. The van der Waals surface area contributed by atoms with Gasteiger partial charge in [-0.15, -0.1) is 0 Å². The Morgan fingerprint density at radius 1 is 0.825 bits per heavy atom. The van der Waals surface area contributed by atoms with Crippen LogP contribution in [-0.2, 0) is 39.6 Å². The lowest BCUT2D eigenvalue weighted by molar-refractivity contribution is -0.156. The molecule has 0 radical (unpaired) electrons. The zero-order chi connectivity index (χ0) is 44.7. The summed E-state index contributed by atoms with van der Waals surface area (Å²) in [4.78, 5) is 62.4. The lowest BCUT2D eigenvalue weighted by Gasteiger charge is -2.37. The van der Waals surface area contributed by atoms with Gasteiger partial charge in [-0.1, -0.05) is 87.5 Å². The summed E-state index contributed by atoms with van der Waals surface area (Å²) in [5, 5.41) is 2.60. The Kier molecular flexibility index (Phi) is 13.2. The second-order valence-electron chi connectivity index (χ2n) is 16.0. The number of carbonyl (C=O) groups is 3. The number of anilines is 1. The van der Waals surface area contributed by atoms with E-state index in [-0.39, 0.29) is 55.0 Å². The summed E-state index contributed by atoms with van der Waals surface area (Å²) in [7, 11) is 3.18. The number of hydrogen-bond acceptors (Lipinski definition) is 12. The molecule has 1 aliphatic heterocycles. The van der Waals surface area contributed by atoms with Crippen LogP contribution in [0.2, 0.25) is 0 Å². The minimum absolute atomic E-state index is 0.0106. The molecule has 0 spiro atoms. The van der Waals surface area contributed by atoms with E-state index in [1.54, 1.807) is 26.4 Å². The molecule has 1 fully saturated rings. The van der Waals surface area contributed by atoms with E-state index >= 15 is 0 Å². The van der Waals surface area contributed by atoms with Gasteiger partial charge in [0.2, 0.25) is 11.9 Å². The van der Waals surface area contributed by atoms with Crippen LogP contribution in [0.1, 0.15) is 68.5 Å². The second kappa shape index (κ2) is 18.9. The first-order chi connectivity index (χ1) is 30.3. The molecule has 7 rings (SSSR count). The number of primary amides is 1. The molecule has 0 aliphatic carbocycles. The number of carbonyl (C=O) groups excluding carboxylic acids is 3. The fourth-order valence-electron chi connectivity index (χ4n) is 7.44. The number of rotatable bonds is 17. The number of nitrogens with one attached hydrogen (secondary N) is 2. The average molecular weight is 859 g/mol. The number of aromatic amines is 1. The maximum absolute atomic E-state index is 13.3. The van der Waals surface area contributed by atoms with Crippen molar-refractivity contribution in [1.29, 1.82) is 0 Å². The Labute approximate surface area is 363 Å². The standard InChI is InChI=1S/C47H50N6O10/c1-46(2,3)29-11-21-35(22-12-29)60-27-39(55)50-45-51-43-42(44(57)52-45)49-28-53(43)40-25-36(63-41(56)24-23-38(48)54)37(62-40)26-61-47(30-9-7-6-8-10-30,31-13-17-33(58-4)18-14-31)32-15-19-34(59-5)20-16-32/h6-22,28,36-37,40H,23-27H2,1-5H3,(H2,48,54)(H2,50,51,52,55,57)/t36-,37+,40+/m0/s1. The van der Waals surface area contributed by atoms with Gasteiger partial charge in [-0.25, -0.2) is 4.98 Å². The second-order valence-corrected chi connectivity index (χ2v) is 16.0. The smallest absolute Gasteiger partial charge is 0.306 e. The third-order valence-corrected chi connectivity index (χ3v) is 10.8. The number of amides is 2. The molecule has 0 saturated carbocycles. The quantitative estimate of drug-likeness (QED) is 0.0721. The largest absolute Gasteiger partial charge is 0.497 e. The van der Waals surface area contributed by atoms with Gasteiger partial charge in [0.15, 0.2) is 17.8 Å². The topological polar surface area (TPSA) is 208 Å². The lowest BCUT2D eigenvalue weighted by Crippen LogP contribution is -2.39. The van der Waals surface area contributed by atoms with Crippen LogP contribution in [-0.4, -0.2) is 76.9 Å². The predicted molar refractivity (Wildman–Crippen MR) is 233 cm³/mol. The first-order valence-electron chi connectivity index (χ1n) is 20.4. The molecule has 6 aromatic rings. The van der Waals surface area contributed by atoms with Crippen LogP contribution in [0, 0.1) is 0 Å². The number of nitrogens with zero attached hydrogens (tertiary/aromatic N) is 3. The van der Waals surface area contributed by atoms with Crippen LogP contribution in [0.3, 0.4) is 0 Å². The van der Waals surface area contributed by atoms with Crippen molar-refractivity contribution in [3.05, 3.63) is 142 Å². The maximum Gasteiger partial charge on any atom is 0.306 e. The zero-order valence-electron chi connectivity index (χ0n) is 35.7. The fraction of sp³-hybridized carbons (Fsp3) is 0.319. The van der Waals surface area contributed by atoms with Crippen molar-refractivity contribution in [2.75, 3.05) is 32.8 Å². The van der Waals surface area contributed by atoms with Crippen molar-refractivity contribution in [1.82, 2.24) is 19.5 Å². The van der Waals surface area contributed by atoms with E-state index in [0.29, 0.717) is 17.2 Å². The van der Waals surface area contributed by atoms with E-state index in [4.69, 9.17) is 34.2 Å². The normalized spacial score (nSPS) is 16.4. The molecule has 0 unspecified atom stereocenters. The zero-order valence-corrected chi connectivity index (χ0v) is 35.7. The van der Waals surface area contributed by atoms with Gasteiger partial charge in [0.05, 0.1) is 33.6 Å². The molecule has 3 heterocycles. The number of H-pyrrole nitrogens is 1. The number of esters is 1. The first kappa shape index (κ1) is 44.0. The lowest BCUT2D eigenvalue weighted by atomic mass is 9.80. The van der Waals surface area contributed by atoms with Gasteiger partial charge in [0.1, 0.15) is 41.3 Å². The van der Waals surface area contributed by atoms with Gasteiger partial charge >= 0.3 is 5.97 Å². The highest BCUT2D eigenvalue weighted by Gasteiger charge is 2.44. The van der Waals surface area contributed by atoms with Crippen molar-refractivity contribution in [3.63, 3.8) is 0 Å². The highest BCUT2D eigenvalue weighted by molar-refractivity contribution is 5.90. The Morgan fingerprint density at radius 2 is 1.41 bits per heavy atom. The van der Waals surface area contributed by atoms with Crippen molar-refractivity contribution in [3.8, 4) is 17.2 Å². The Hall–Kier alpha value is -7.04. The summed E-state index contributed by atoms with van der Waals surface area (Å²) in [5.41, 5.74) is 7.01. The summed E-state index contributed by atoms with van der Waals surface area (Å²) < 4.78 is 37.9. The van der Waals surface area contributed by atoms with Crippen LogP contribution in [0.5, 0.6) is 17.2 Å². The Morgan fingerprint density at radius 3 is 2.00 bits per heavy atom. The molecule has 3 atom stereocenters. The van der Waals surface area contributed by atoms with Crippen LogP contribution >= 0.6 is 0 Å². The van der Waals surface area contributed by atoms with Crippen LogP contribution in [0.15, 0.2) is 114 Å². The molecule has 4 N–H and O–H groups in total. The summed E-state index contributed by atoms with van der Waals surface area (Å²) >= 11 is 0. The summed E-state index contributed by atoms with van der Waals surface area (Å²) in [6.45, 7) is 5.85. The number of methoxy groups -OCH3 is 2. The number of hydrogen-bond donors (Lipinski definition) is 3. The van der Waals surface area contributed by atoms with E-state index in [1.807, 2.05) is 91.0 Å². The molecule has 4 aromatic carbocycles. The number of imidazole rings is 1. The molecule has 0 bridgehead atoms. The highest BCUT2D eigenvalue weighted by Crippen LogP contribution is 2.43. The molecule has 2 aromatic heterocycles. The van der Waals surface area contributed by atoms with E-state index in [1.165, 1.54) is 10.9 Å². The Bertz CT molecular complexity index is 2540. The third-order valence-electron chi connectivity index (χ3n) is 10.8. The van der Waals surface area contributed by atoms with E-state index in [0.717, 1.165) is 22.3 Å². The molecule has 1 aliphatic rings. The average Bonchev–Trinajstić information content (AvgIpc) is 3.90. The molecular weight excluding hydrogens is 809 g/mol. The molecule has 63 heavy (non-hydrogen) atoms. The molecule has 328 valence electrons. The van der Waals surface area contributed by atoms with Crippen LogP contribution in [0.25, 0.3) is 11.2 Å². The fourth-order valence-corrected chi connectivity index (χ4v) is 7.44. The SMILES string of the molecule is COc1ccc(C(OC[C@H]2O[C@@H](n3cnc4c(=O)[nH]c(NC(=O)COc5ccc(C(C)(C)C)cc5)nc43)C[C@@H]2OC(=O)CCC(N)=O)(c2ccccc2)c2ccc(OC)cc2)cc1. The van der Waals surface area contributed by atoms with Crippen LogP contribution < -0.4 is 30.8 Å². The van der Waals surface area contributed by atoms with Gasteiger partial charge in [0.25, 0.3) is 11.5 Å². The molecule has 2 amide bonds. The van der Waals surface area contributed by atoms with Crippen LogP contribution in [0.4, 0.5) is 5.95 Å². The van der Waals surface area contributed by atoms with Gasteiger partial charge in [-0.3, -0.25) is 34.0 Å². The van der Waals surface area contributed by atoms with Crippen molar-refractivity contribution >= 4 is 34.9 Å². The third kappa shape index (κ3) is 10.0. The summed E-state index contributed by atoms with van der Waals surface area (Å²) in [6.07, 6.45) is -1.62. The van der Waals surface area contributed by atoms with Crippen molar-refractivity contribution in [2.24, 2.45) is 5.73 Å². The monoisotopic (exact) mass is 858 g/mol. The van der Waals surface area contributed by atoms with Gasteiger partial charge in [-0.2, -0.15) is 4.98 Å². The molecule has 16 heteroatoms. The minimum Gasteiger partial charge on any atom is -0.497 e. The van der Waals surface area contributed by atoms with Gasteiger partial charge in [0, 0.05) is 12.8 Å². The number of fused-ring (bicyclic) bond motifs is 1. The van der Waals surface area contributed by atoms with E-state index < -0.39 is 47.4 Å². The number of ether oxygens (including phenoxy) is 6. The van der Waals surface area contributed by atoms with E-state index in [9.17, 15) is 19.2 Å². The summed E-state index contributed by atoms with van der Waals surface area (Å²) in [5.74, 6) is -0.193. The predicted octanol–water partition coefficient (Wildman–Crippen LogP) is 5.93. The molecule has 1 saturated heterocycles. The van der Waals surface area contributed by atoms with E-state index in [2.05, 4.69) is 41.0 Å². The molecule has 16 nitrogen and oxygen atoms in total. The minimum atomic E-state index is -1.23. The van der Waals surface area contributed by atoms with Crippen molar-refractivity contribution in [2.45, 2.75) is 69.5 Å². The maximum atomic E-state index is 13.3. The van der Waals surface area contributed by atoms with Gasteiger partial charge < -0.3 is 34.2 Å².